The van der Waals surface area contributed by atoms with Crippen LogP contribution in [0.2, 0.25) is 0 Å². The summed E-state index contributed by atoms with van der Waals surface area (Å²) < 4.78 is 31.3. The Morgan fingerprint density at radius 3 is 2.47 bits per heavy atom. The van der Waals surface area contributed by atoms with E-state index in [0.29, 0.717) is 0 Å². The number of nitrogens with one attached hydrogen (secondary N) is 1. The van der Waals surface area contributed by atoms with E-state index in [1.165, 1.54) is 25.5 Å². The van der Waals surface area contributed by atoms with Gasteiger partial charge in [0.25, 0.3) is 0 Å². The third kappa shape index (κ3) is 2.66. The Labute approximate surface area is 104 Å². The van der Waals surface area contributed by atoms with Crippen LogP contribution in [0, 0.1) is 5.41 Å². The van der Waals surface area contributed by atoms with Crippen molar-refractivity contribution in [3.63, 3.8) is 0 Å². The lowest BCUT2D eigenvalue weighted by Crippen LogP contribution is -2.65. The van der Waals surface area contributed by atoms with Gasteiger partial charge in [-0.1, -0.05) is 19.3 Å². The lowest BCUT2D eigenvalue weighted by Gasteiger charge is -2.57. The van der Waals surface area contributed by atoms with Gasteiger partial charge in [-0.3, -0.25) is 0 Å². The molecule has 2 aliphatic carbocycles. The summed E-state index contributed by atoms with van der Waals surface area (Å²) in [6.07, 6.45) is 8.21. The minimum absolute atomic E-state index is 0.0807. The van der Waals surface area contributed by atoms with E-state index in [4.69, 9.17) is 4.74 Å². The predicted octanol–water partition coefficient (Wildman–Crippen LogP) is 1.66. The Balaban J connectivity index is 2.08. The standard InChI is InChI=1S/C12H23NO3S/c1-3-16-11-9-10(13-17(2,14)15)12(11)7-5-4-6-8-12/h10-11,13H,3-9H2,1-2H3. The van der Waals surface area contributed by atoms with Crippen molar-refractivity contribution in [1.82, 2.24) is 4.72 Å². The van der Waals surface area contributed by atoms with Crippen molar-refractivity contribution < 1.29 is 13.2 Å². The second-order valence-electron chi connectivity index (χ2n) is 5.42. The molecule has 0 heterocycles. The number of sulfonamides is 1. The van der Waals surface area contributed by atoms with E-state index < -0.39 is 10.0 Å². The van der Waals surface area contributed by atoms with E-state index in [2.05, 4.69) is 4.72 Å². The summed E-state index contributed by atoms with van der Waals surface area (Å²) in [5.41, 5.74) is 0.0807. The summed E-state index contributed by atoms with van der Waals surface area (Å²) in [6.45, 7) is 2.73. The molecule has 0 aromatic carbocycles. The highest BCUT2D eigenvalue weighted by Crippen LogP contribution is 2.53. The Hall–Kier alpha value is -0.130. The minimum Gasteiger partial charge on any atom is -0.378 e. The van der Waals surface area contributed by atoms with Gasteiger partial charge in [-0.25, -0.2) is 13.1 Å². The maximum absolute atomic E-state index is 11.4. The van der Waals surface area contributed by atoms with Gasteiger partial charge in [-0.2, -0.15) is 0 Å². The van der Waals surface area contributed by atoms with E-state index in [0.717, 1.165) is 25.9 Å². The van der Waals surface area contributed by atoms with Crippen LogP contribution in [0.1, 0.15) is 45.4 Å². The molecule has 0 bridgehead atoms. The molecule has 0 saturated heterocycles. The van der Waals surface area contributed by atoms with Crippen LogP contribution in [0.3, 0.4) is 0 Å². The molecular weight excluding hydrogens is 238 g/mol. The van der Waals surface area contributed by atoms with Crippen LogP contribution in [0.5, 0.6) is 0 Å². The first-order valence-electron chi connectivity index (χ1n) is 6.57. The van der Waals surface area contributed by atoms with Crippen molar-refractivity contribution in [2.45, 2.75) is 57.6 Å². The highest BCUT2D eigenvalue weighted by atomic mass is 32.2. The molecule has 2 atom stereocenters. The van der Waals surface area contributed by atoms with Gasteiger partial charge in [0.1, 0.15) is 0 Å². The van der Waals surface area contributed by atoms with Crippen LogP contribution in [0.4, 0.5) is 0 Å². The molecular formula is C12H23NO3S. The highest BCUT2D eigenvalue weighted by molar-refractivity contribution is 7.88. The molecule has 2 aliphatic rings. The SMILES string of the molecule is CCOC1CC(NS(C)(=O)=O)C12CCCCC2. The van der Waals surface area contributed by atoms with Crippen molar-refractivity contribution in [2.24, 2.45) is 5.41 Å². The van der Waals surface area contributed by atoms with E-state index in [9.17, 15) is 8.42 Å². The van der Waals surface area contributed by atoms with E-state index in [-0.39, 0.29) is 17.6 Å². The van der Waals surface area contributed by atoms with Gasteiger partial charge in [-0.15, -0.1) is 0 Å². The van der Waals surface area contributed by atoms with Gasteiger partial charge in [0.15, 0.2) is 0 Å². The molecule has 0 aliphatic heterocycles. The van der Waals surface area contributed by atoms with Crippen molar-refractivity contribution >= 4 is 10.0 Å². The topological polar surface area (TPSA) is 55.4 Å². The van der Waals surface area contributed by atoms with Crippen molar-refractivity contribution in [1.29, 1.82) is 0 Å². The molecule has 2 rings (SSSR count). The van der Waals surface area contributed by atoms with Gasteiger partial charge in [0.05, 0.1) is 12.4 Å². The third-order valence-corrected chi connectivity index (χ3v) is 5.01. The Morgan fingerprint density at radius 2 is 1.94 bits per heavy atom. The first kappa shape index (κ1) is 13.3. The second-order valence-corrected chi connectivity index (χ2v) is 7.20. The molecule has 0 aromatic rings. The van der Waals surface area contributed by atoms with Crippen molar-refractivity contribution in [2.75, 3.05) is 12.9 Å². The molecule has 100 valence electrons. The molecule has 4 nitrogen and oxygen atoms in total. The van der Waals surface area contributed by atoms with Gasteiger partial charge < -0.3 is 4.74 Å². The molecule has 0 amide bonds. The van der Waals surface area contributed by atoms with Crippen LogP contribution in [0.15, 0.2) is 0 Å². The van der Waals surface area contributed by atoms with Crippen LogP contribution < -0.4 is 4.72 Å². The van der Waals surface area contributed by atoms with Crippen molar-refractivity contribution in [3.05, 3.63) is 0 Å². The van der Waals surface area contributed by atoms with Crippen LogP contribution in [-0.4, -0.2) is 33.4 Å². The smallest absolute Gasteiger partial charge is 0.208 e. The lowest BCUT2D eigenvalue weighted by molar-refractivity contribution is -0.144. The molecule has 2 unspecified atom stereocenters. The minimum atomic E-state index is -3.10. The number of hydrogen-bond donors (Lipinski definition) is 1. The molecule has 0 aromatic heterocycles. The molecule has 2 fully saturated rings. The largest absolute Gasteiger partial charge is 0.378 e. The molecule has 17 heavy (non-hydrogen) atoms. The third-order valence-electron chi connectivity index (χ3n) is 4.29. The first-order valence-corrected chi connectivity index (χ1v) is 8.46. The first-order chi connectivity index (χ1) is 7.98. The fourth-order valence-corrected chi connectivity index (χ4v) is 4.33. The maximum atomic E-state index is 11.4. The summed E-state index contributed by atoms with van der Waals surface area (Å²) >= 11 is 0. The van der Waals surface area contributed by atoms with Crippen LogP contribution >= 0.6 is 0 Å². The van der Waals surface area contributed by atoms with Crippen molar-refractivity contribution in [3.8, 4) is 0 Å². The summed E-state index contributed by atoms with van der Waals surface area (Å²) in [4.78, 5) is 0. The fraction of sp³-hybridized carbons (Fsp3) is 1.00. The van der Waals surface area contributed by atoms with Gasteiger partial charge in [-0.05, 0) is 26.2 Å². The van der Waals surface area contributed by atoms with E-state index >= 15 is 0 Å². The summed E-state index contributed by atoms with van der Waals surface area (Å²) in [5, 5.41) is 0. The Morgan fingerprint density at radius 1 is 1.29 bits per heavy atom. The Bertz CT molecular complexity index is 360. The summed E-state index contributed by atoms with van der Waals surface area (Å²) in [7, 11) is -3.10. The molecule has 5 heteroatoms. The number of rotatable bonds is 4. The molecule has 1 N–H and O–H groups in total. The average molecular weight is 261 g/mol. The van der Waals surface area contributed by atoms with Crippen LogP contribution in [0.25, 0.3) is 0 Å². The van der Waals surface area contributed by atoms with E-state index in [1.54, 1.807) is 0 Å². The average Bonchev–Trinajstić information content (AvgIpc) is 2.27. The molecule has 0 radical (unpaired) electrons. The quantitative estimate of drug-likeness (QED) is 0.837. The highest BCUT2D eigenvalue weighted by Gasteiger charge is 2.56. The van der Waals surface area contributed by atoms with Gasteiger partial charge >= 0.3 is 0 Å². The maximum Gasteiger partial charge on any atom is 0.208 e. The van der Waals surface area contributed by atoms with Crippen LogP contribution in [-0.2, 0) is 14.8 Å². The molecule has 2 saturated carbocycles. The second kappa shape index (κ2) is 4.86. The zero-order valence-corrected chi connectivity index (χ0v) is 11.6. The molecule has 1 spiro atoms. The zero-order valence-electron chi connectivity index (χ0n) is 10.7. The predicted molar refractivity (Wildman–Crippen MR) is 67.3 cm³/mol. The normalized spacial score (nSPS) is 32.4. The zero-order chi connectivity index (χ0) is 12.5. The van der Waals surface area contributed by atoms with E-state index in [1.807, 2.05) is 6.92 Å². The lowest BCUT2D eigenvalue weighted by atomic mass is 9.55. The summed E-state index contributed by atoms with van der Waals surface area (Å²) in [5.74, 6) is 0. The fourth-order valence-electron chi connectivity index (χ4n) is 3.49. The summed E-state index contributed by atoms with van der Waals surface area (Å²) in [6, 6.07) is 0.0920. The van der Waals surface area contributed by atoms with Gasteiger partial charge in [0, 0.05) is 18.1 Å². The van der Waals surface area contributed by atoms with Gasteiger partial charge in [0.2, 0.25) is 10.0 Å². The number of ether oxygens (including phenoxy) is 1. The monoisotopic (exact) mass is 261 g/mol. The number of hydrogen-bond acceptors (Lipinski definition) is 3. The Kier molecular flexibility index (Phi) is 3.80.